The molecule has 0 saturated heterocycles. The molecule has 0 bridgehead atoms. The van der Waals surface area contributed by atoms with Crippen molar-refractivity contribution in [2.45, 2.75) is 25.8 Å². The molecule has 1 aliphatic heterocycles. The molecule has 0 spiro atoms. The first-order chi connectivity index (χ1) is 5.83. The van der Waals surface area contributed by atoms with E-state index in [1.54, 1.807) is 6.08 Å². The van der Waals surface area contributed by atoms with Crippen LogP contribution in [0.15, 0.2) is 11.4 Å². The summed E-state index contributed by atoms with van der Waals surface area (Å²) in [6.07, 6.45) is 4.99. The number of H-pyrrole nitrogens is 1. The molecule has 64 valence electrons. The van der Waals surface area contributed by atoms with Crippen LogP contribution in [0.5, 0.6) is 0 Å². The van der Waals surface area contributed by atoms with E-state index in [1.165, 1.54) is 6.42 Å². The van der Waals surface area contributed by atoms with Crippen LogP contribution in [0.4, 0.5) is 0 Å². The Bertz CT molecular complexity index is 359. The minimum absolute atomic E-state index is 0.00176. The number of fused-ring (bicyclic) bond motifs is 1. The predicted molar refractivity (Wildman–Crippen MR) is 48.1 cm³/mol. The van der Waals surface area contributed by atoms with Crippen LogP contribution in [0.2, 0.25) is 0 Å². The largest absolute Gasteiger partial charge is 0.289 e. The average molecular weight is 164 g/mol. The fourth-order valence-electron chi connectivity index (χ4n) is 1.76. The number of nitrogens with zero attached hydrogens (tertiary/aromatic N) is 1. The first kappa shape index (κ1) is 7.40. The summed E-state index contributed by atoms with van der Waals surface area (Å²) >= 11 is 0. The second-order valence-electron chi connectivity index (χ2n) is 3.11. The molecule has 0 atom stereocenters. The highest BCUT2D eigenvalue weighted by Crippen LogP contribution is 2.15. The fourth-order valence-corrected chi connectivity index (χ4v) is 1.76. The molecule has 0 radical (unpaired) electrons. The van der Waals surface area contributed by atoms with Crippen molar-refractivity contribution in [1.82, 2.24) is 9.78 Å². The molecule has 0 aliphatic carbocycles. The summed E-state index contributed by atoms with van der Waals surface area (Å²) in [6, 6.07) is 0. The summed E-state index contributed by atoms with van der Waals surface area (Å²) in [6.45, 7) is 4.58. The maximum Gasteiger partial charge on any atom is 0.271 e. The van der Waals surface area contributed by atoms with E-state index in [-0.39, 0.29) is 5.56 Å². The number of aryl methyl sites for hydroxylation is 1. The lowest BCUT2D eigenvalue weighted by molar-refractivity contribution is 0.484. The van der Waals surface area contributed by atoms with E-state index in [1.807, 2.05) is 4.68 Å². The Balaban J connectivity index is 2.61. The first-order valence-corrected chi connectivity index (χ1v) is 4.27. The van der Waals surface area contributed by atoms with Crippen LogP contribution < -0.4 is 5.56 Å². The van der Waals surface area contributed by atoms with Crippen molar-refractivity contribution in [3.63, 3.8) is 0 Å². The van der Waals surface area contributed by atoms with Crippen LogP contribution in [-0.2, 0) is 13.0 Å². The minimum atomic E-state index is 0.00176. The normalized spacial score (nSPS) is 15.7. The van der Waals surface area contributed by atoms with Crippen LogP contribution in [0.25, 0.3) is 6.08 Å². The van der Waals surface area contributed by atoms with E-state index in [0.717, 1.165) is 30.6 Å². The molecule has 0 unspecified atom stereocenters. The zero-order valence-electron chi connectivity index (χ0n) is 6.97. The van der Waals surface area contributed by atoms with Crippen LogP contribution in [-0.4, -0.2) is 9.78 Å². The molecule has 1 aromatic heterocycles. The molecular weight excluding hydrogens is 152 g/mol. The monoisotopic (exact) mass is 164 g/mol. The maximum atomic E-state index is 11.3. The van der Waals surface area contributed by atoms with Crippen molar-refractivity contribution in [3.8, 4) is 0 Å². The lowest BCUT2D eigenvalue weighted by Crippen LogP contribution is -2.12. The highest BCUT2D eigenvalue weighted by Gasteiger charge is 2.14. The van der Waals surface area contributed by atoms with Crippen LogP contribution in [0, 0.1) is 0 Å². The Labute approximate surface area is 70.7 Å². The quantitative estimate of drug-likeness (QED) is 0.664. The summed E-state index contributed by atoms with van der Waals surface area (Å²) in [5.41, 5.74) is 1.89. The molecule has 3 nitrogen and oxygen atoms in total. The molecule has 1 aliphatic rings. The Kier molecular flexibility index (Phi) is 1.64. The molecular formula is C9H12N2O. The lowest BCUT2D eigenvalue weighted by Gasteiger charge is -2.13. The molecule has 0 aromatic carbocycles. The summed E-state index contributed by atoms with van der Waals surface area (Å²) in [5, 5.41) is 2.81. The number of aromatic nitrogens is 2. The molecule has 1 aromatic rings. The third kappa shape index (κ3) is 0.932. The number of hydrogen-bond donors (Lipinski definition) is 1. The van der Waals surface area contributed by atoms with E-state index in [2.05, 4.69) is 11.7 Å². The van der Waals surface area contributed by atoms with E-state index in [9.17, 15) is 4.79 Å². The third-order valence-electron chi connectivity index (χ3n) is 2.37. The summed E-state index contributed by atoms with van der Waals surface area (Å²) in [5.74, 6) is 0. The third-order valence-corrected chi connectivity index (χ3v) is 2.37. The fraction of sp³-hybridized carbons (Fsp3) is 0.444. The van der Waals surface area contributed by atoms with E-state index in [4.69, 9.17) is 0 Å². The van der Waals surface area contributed by atoms with Gasteiger partial charge in [0.25, 0.3) is 5.56 Å². The molecule has 3 heteroatoms. The van der Waals surface area contributed by atoms with E-state index in [0.29, 0.717) is 0 Å². The molecule has 2 rings (SSSR count). The van der Waals surface area contributed by atoms with Crippen molar-refractivity contribution in [1.29, 1.82) is 0 Å². The zero-order valence-corrected chi connectivity index (χ0v) is 6.97. The van der Waals surface area contributed by atoms with Gasteiger partial charge in [0.05, 0.1) is 5.56 Å². The predicted octanol–water partition coefficient (Wildman–Crippen LogP) is 1.16. The van der Waals surface area contributed by atoms with Gasteiger partial charge in [0, 0.05) is 12.2 Å². The van der Waals surface area contributed by atoms with Crippen molar-refractivity contribution >= 4 is 6.08 Å². The van der Waals surface area contributed by atoms with Gasteiger partial charge in [-0.05, 0) is 19.3 Å². The second-order valence-corrected chi connectivity index (χ2v) is 3.11. The van der Waals surface area contributed by atoms with Gasteiger partial charge in [-0.15, -0.1) is 0 Å². The van der Waals surface area contributed by atoms with Crippen molar-refractivity contribution in [2.24, 2.45) is 0 Å². The van der Waals surface area contributed by atoms with Gasteiger partial charge >= 0.3 is 0 Å². The highest BCUT2D eigenvalue weighted by atomic mass is 16.1. The molecule has 0 fully saturated rings. The Morgan fingerprint density at radius 3 is 3.08 bits per heavy atom. The smallest absolute Gasteiger partial charge is 0.271 e. The Morgan fingerprint density at radius 1 is 1.50 bits per heavy atom. The van der Waals surface area contributed by atoms with Gasteiger partial charge in [-0.25, -0.2) is 0 Å². The number of nitrogens with one attached hydrogen (secondary N) is 1. The highest BCUT2D eigenvalue weighted by molar-refractivity contribution is 5.48. The Hall–Kier alpha value is -1.25. The van der Waals surface area contributed by atoms with Gasteiger partial charge in [0.15, 0.2) is 0 Å². The summed E-state index contributed by atoms with van der Waals surface area (Å²) in [4.78, 5) is 11.3. The molecule has 1 N–H and O–H groups in total. The molecule has 2 heterocycles. The number of hydrogen-bond acceptors (Lipinski definition) is 1. The minimum Gasteiger partial charge on any atom is -0.289 e. The molecule has 0 amide bonds. The van der Waals surface area contributed by atoms with Crippen molar-refractivity contribution < 1.29 is 0 Å². The van der Waals surface area contributed by atoms with Gasteiger partial charge in [-0.3, -0.25) is 14.6 Å². The first-order valence-electron chi connectivity index (χ1n) is 4.27. The van der Waals surface area contributed by atoms with Gasteiger partial charge < -0.3 is 0 Å². The maximum absolute atomic E-state index is 11.3. The summed E-state index contributed by atoms with van der Waals surface area (Å²) < 4.78 is 1.95. The van der Waals surface area contributed by atoms with Crippen LogP contribution >= 0.6 is 0 Å². The average Bonchev–Trinajstić information content (AvgIpc) is 2.40. The SMILES string of the molecule is C=Cc1c2n([nH]c1=O)CCCC2. The van der Waals surface area contributed by atoms with E-state index < -0.39 is 0 Å². The number of aromatic amines is 1. The molecule has 12 heavy (non-hydrogen) atoms. The molecule has 0 saturated carbocycles. The summed E-state index contributed by atoms with van der Waals surface area (Å²) in [7, 11) is 0. The standard InChI is InChI=1S/C9H12N2O/c1-2-7-8-5-3-4-6-11(8)10-9(7)12/h2H,1,3-6H2,(H,10,12). The second kappa shape index (κ2) is 2.66. The van der Waals surface area contributed by atoms with Gasteiger partial charge in [-0.1, -0.05) is 12.7 Å². The number of rotatable bonds is 1. The van der Waals surface area contributed by atoms with Gasteiger partial charge in [-0.2, -0.15) is 0 Å². The van der Waals surface area contributed by atoms with Gasteiger partial charge in [0.2, 0.25) is 0 Å². The zero-order chi connectivity index (χ0) is 8.55. The lowest BCUT2D eigenvalue weighted by atomic mass is 10.1. The van der Waals surface area contributed by atoms with Gasteiger partial charge in [0.1, 0.15) is 0 Å². The van der Waals surface area contributed by atoms with Crippen LogP contribution in [0.1, 0.15) is 24.1 Å². The van der Waals surface area contributed by atoms with Crippen molar-refractivity contribution in [3.05, 3.63) is 28.2 Å². The van der Waals surface area contributed by atoms with Crippen molar-refractivity contribution in [2.75, 3.05) is 0 Å². The Morgan fingerprint density at radius 2 is 2.33 bits per heavy atom. The van der Waals surface area contributed by atoms with E-state index >= 15 is 0 Å². The van der Waals surface area contributed by atoms with Crippen LogP contribution in [0.3, 0.4) is 0 Å². The topological polar surface area (TPSA) is 37.8 Å².